The predicted molar refractivity (Wildman–Crippen MR) is 192 cm³/mol. The van der Waals surface area contributed by atoms with Crippen molar-refractivity contribution >= 4 is 35.7 Å². The minimum absolute atomic E-state index is 0.0802. The summed E-state index contributed by atoms with van der Waals surface area (Å²) < 4.78 is 34.0. The molecule has 2 aromatic rings. The molecule has 0 aliphatic carbocycles. The van der Waals surface area contributed by atoms with E-state index in [0.717, 1.165) is 11.1 Å². The predicted octanol–water partition coefficient (Wildman–Crippen LogP) is 6.17. The first-order valence-corrected chi connectivity index (χ1v) is 18.3. The number of benzene rings is 2. The SMILES string of the molecule is C[C@H]1CC[C@@H](C(=O)OCC(=O)c2cc3c4c(c2)OCc2cc(C(=O)COC(=O)[C@@H]5CC[C@H](C)N5C(=O)OC(C)(C)C)cc(c2-4)OC3)N1C(=O)OC(C)(C)C. The van der Waals surface area contributed by atoms with Crippen LogP contribution in [0.1, 0.15) is 113 Å². The molecule has 0 radical (unpaired) electrons. The Morgan fingerprint density at radius 2 is 0.981 bits per heavy atom. The topological polar surface area (TPSA) is 164 Å². The Balaban J connectivity index is 1.10. The molecular weight excluding hydrogens is 700 g/mol. The van der Waals surface area contributed by atoms with Gasteiger partial charge in [-0.3, -0.25) is 19.4 Å². The van der Waals surface area contributed by atoms with Gasteiger partial charge in [-0.1, -0.05) is 0 Å². The van der Waals surface area contributed by atoms with Crippen LogP contribution in [0.25, 0.3) is 11.1 Å². The third-order valence-corrected chi connectivity index (χ3v) is 9.81. The Hall–Kier alpha value is -5.14. The summed E-state index contributed by atoms with van der Waals surface area (Å²) in [6.45, 7) is 13.3. The first-order chi connectivity index (χ1) is 25.3. The van der Waals surface area contributed by atoms with Gasteiger partial charge in [0.2, 0.25) is 0 Å². The summed E-state index contributed by atoms with van der Waals surface area (Å²) in [7, 11) is 0. The lowest BCUT2D eigenvalue weighted by atomic mass is 9.87. The lowest BCUT2D eigenvalue weighted by Crippen LogP contribution is -2.47. The van der Waals surface area contributed by atoms with Gasteiger partial charge in [0.1, 0.15) is 48.0 Å². The number of carbonyl (C=O) groups is 6. The molecule has 14 nitrogen and oxygen atoms in total. The van der Waals surface area contributed by atoms with E-state index in [2.05, 4.69) is 0 Å². The van der Waals surface area contributed by atoms with Gasteiger partial charge in [-0.25, -0.2) is 19.2 Å². The van der Waals surface area contributed by atoms with Crippen LogP contribution in [0.2, 0.25) is 0 Å². The molecule has 6 rings (SSSR count). The van der Waals surface area contributed by atoms with Crippen LogP contribution in [0.5, 0.6) is 11.5 Å². The zero-order valence-corrected chi connectivity index (χ0v) is 32.1. The molecule has 0 unspecified atom stereocenters. The summed E-state index contributed by atoms with van der Waals surface area (Å²) in [5, 5.41) is 0. The van der Waals surface area contributed by atoms with E-state index >= 15 is 0 Å². The molecule has 0 saturated carbocycles. The maximum Gasteiger partial charge on any atom is 0.411 e. The number of ether oxygens (including phenoxy) is 6. The summed E-state index contributed by atoms with van der Waals surface area (Å²) in [4.78, 5) is 81.2. The zero-order chi connectivity index (χ0) is 39.3. The Morgan fingerprint density at radius 1 is 0.611 bits per heavy atom. The summed E-state index contributed by atoms with van der Waals surface area (Å²) in [6.07, 6.45) is 0.788. The Labute approximate surface area is 314 Å². The van der Waals surface area contributed by atoms with Crippen LogP contribution in [0, 0.1) is 0 Å². The molecule has 2 saturated heterocycles. The Bertz CT molecular complexity index is 1700. The molecule has 2 amide bonds. The van der Waals surface area contributed by atoms with E-state index in [9.17, 15) is 28.8 Å². The van der Waals surface area contributed by atoms with Crippen LogP contribution >= 0.6 is 0 Å². The number of likely N-dealkylation sites (tertiary alicyclic amines) is 2. The van der Waals surface area contributed by atoms with Crippen molar-refractivity contribution in [3.63, 3.8) is 0 Å². The quantitative estimate of drug-likeness (QED) is 0.172. The number of hydrogen-bond acceptors (Lipinski definition) is 12. The molecule has 4 heterocycles. The molecular formula is C40H48N2O12. The third-order valence-electron chi connectivity index (χ3n) is 9.81. The lowest BCUT2D eigenvalue weighted by molar-refractivity contribution is -0.148. The van der Waals surface area contributed by atoms with Gasteiger partial charge in [-0.05, 0) is 105 Å². The minimum Gasteiger partial charge on any atom is -0.488 e. The van der Waals surface area contributed by atoms with Crippen molar-refractivity contribution in [3.8, 4) is 22.6 Å². The number of Topliss-reactive ketones (excluding diaryl/α,β-unsaturated/α-hetero) is 2. The third kappa shape index (κ3) is 8.02. The second kappa shape index (κ2) is 14.6. The van der Waals surface area contributed by atoms with E-state index in [1.807, 2.05) is 13.8 Å². The average molecular weight is 749 g/mol. The van der Waals surface area contributed by atoms with Crippen molar-refractivity contribution in [1.82, 2.24) is 9.80 Å². The summed E-state index contributed by atoms with van der Waals surface area (Å²) in [5.41, 5.74) is 1.92. The molecule has 54 heavy (non-hydrogen) atoms. The first kappa shape index (κ1) is 38.6. The monoisotopic (exact) mass is 748 g/mol. The van der Waals surface area contributed by atoms with Crippen LogP contribution in [-0.2, 0) is 41.8 Å². The molecule has 0 N–H and O–H groups in total. The van der Waals surface area contributed by atoms with Gasteiger partial charge < -0.3 is 28.4 Å². The maximum atomic E-state index is 13.3. The van der Waals surface area contributed by atoms with E-state index in [1.165, 1.54) is 9.80 Å². The van der Waals surface area contributed by atoms with Gasteiger partial charge in [0, 0.05) is 45.5 Å². The smallest absolute Gasteiger partial charge is 0.411 e. The van der Waals surface area contributed by atoms with Gasteiger partial charge in [-0.2, -0.15) is 0 Å². The fourth-order valence-corrected chi connectivity index (χ4v) is 7.31. The van der Waals surface area contributed by atoms with Crippen LogP contribution in [0.15, 0.2) is 24.3 Å². The van der Waals surface area contributed by atoms with Crippen LogP contribution < -0.4 is 9.47 Å². The number of nitrogens with zero attached hydrogens (tertiary/aromatic N) is 2. The van der Waals surface area contributed by atoms with Crippen molar-refractivity contribution in [3.05, 3.63) is 46.5 Å². The minimum atomic E-state index is -0.853. The van der Waals surface area contributed by atoms with Crippen LogP contribution in [0.4, 0.5) is 9.59 Å². The average Bonchev–Trinajstić information content (AvgIpc) is 3.68. The second-order valence-corrected chi connectivity index (χ2v) is 16.3. The number of esters is 2. The normalized spacial score (nSPS) is 21.3. The van der Waals surface area contributed by atoms with Crippen molar-refractivity contribution in [2.24, 2.45) is 0 Å². The van der Waals surface area contributed by atoms with Gasteiger partial charge in [0.15, 0.2) is 24.8 Å². The fourth-order valence-electron chi connectivity index (χ4n) is 7.31. The zero-order valence-electron chi connectivity index (χ0n) is 32.1. The molecule has 4 aliphatic heterocycles. The Morgan fingerprint density at radius 3 is 1.33 bits per heavy atom. The van der Waals surface area contributed by atoms with Crippen molar-refractivity contribution in [2.45, 2.75) is 130 Å². The van der Waals surface area contributed by atoms with Gasteiger partial charge >= 0.3 is 24.1 Å². The largest absolute Gasteiger partial charge is 0.488 e. The lowest BCUT2D eigenvalue weighted by Gasteiger charge is -2.31. The molecule has 2 fully saturated rings. The molecule has 0 spiro atoms. The summed E-state index contributed by atoms with van der Waals surface area (Å²) in [6, 6.07) is 4.39. The molecule has 0 aromatic heterocycles. The van der Waals surface area contributed by atoms with E-state index in [-0.39, 0.29) is 36.4 Å². The highest BCUT2D eigenvalue weighted by Gasteiger charge is 2.43. The van der Waals surface area contributed by atoms with Gasteiger partial charge in [0.25, 0.3) is 0 Å². The molecule has 4 aliphatic rings. The number of ketones is 2. The summed E-state index contributed by atoms with van der Waals surface area (Å²) in [5.74, 6) is -1.34. The van der Waals surface area contributed by atoms with E-state index in [4.69, 9.17) is 28.4 Å². The number of hydrogen-bond donors (Lipinski definition) is 0. The molecule has 4 atom stereocenters. The highest BCUT2D eigenvalue weighted by molar-refractivity contribution is 6.02. The maximum absolute atomic E-state index is 13.3. The Kier molecular flexibility index (Phi) is 10.4. The molecule has 14 heteroatoms. The van der Waals surface area contributed by atoms with Gasteiger partial charge in [0.05, 0.1) is 0 Å². The standard InChI is InChI=1S/C40H48N2O12/c1-21-9-11-27(41(21)37(47)53-39(3,4)5)35(45)51-19-29(43)23-13-25-17-50-32-16-24(14-26-18-49-31(15-23)33(25)34(26)32)30(44)20-52-36(46)28-12-10-22(2)42(28)38(48)54-40(6,7)8/h13-16,21-22,27-28H,9-12,17-20H2,1-8H3/t21-,22-,27-,28-/m0/s1. The van der Waals surface area contributed by atoms with E-state index in [1.54, 1.807) is 65.8 Å². The van der Waals surface area contributed by atoms with Crippen LogP contribution in [0.3, 0.4) is 0 Å². The first-order valence-electron chi connectivity index (χ1n) is 18.3. The fraction of sp³-hybridized carbons (Fsp3) is 0.550. The van der Waals surface area contributed by atoms with Gasteiger partial charge in [-0.15, -0.1) is 0 Å². The van der Waals surface area contributed by atoms with Crippen molar-refractivity contribution < 1.29 is 57.2 Å². The van der Waals surface area contributed by atoms with E-state index in [0.29, 0.717) is 48.3 Å². The second-order valence-electron chi connectivity index (χ2n) is 16.3. The van der Waals surface area contributed by atoms with Crippen molar-refractivity contribution in [1.29, 1.82) is 0 Å². The van der Waals surface area contributed by atoms with E-state index < -0.39 is 72.2 Å². The molecule has 0 bridgehead atoms. The number of carbonyl (C=O) groups excluding carboxylic acids is 6. The van der Waals surface area contributed by atoms with Crippen molar-refractivity contribution in [2.75, 3.05) is 13.2 Å². The number of rotatable bonds is 8. The molecule has 2 aromatic carbocycles. The number of amides is 2. The highest BCUT2D eigenvalue weighted by atomic mass is 16.6. The molecule has 290 valence electrons. The summed E-state index contributed by atoms with van der Waals surface area (Å²) >= 11 is 0. The van der Waals surface area contributed by atoms with Crippen LogP contribution in [-0.4, -0.2) is 94.1 Å². The highest BCUT2D eigenvalue weighted by Crippen LogP contribution is 2.49.